The number of esters is 1. The molecule has 0 aliphatic carbocycles. The standard InChI is InChI=1S/C17H17ClN4O4/c1-24-13-8-12-11(7-10(13)17(23)25-2)19-14(18)16-21-20-15(22(12)16)9-3-5-26-6-4-9/h7-9H,3-6H2,1-2H3. The smallest absolute Gasteiger partial charge is 0.341 e. The quantitative estimate of drug-likeness (QED) is 0.649. The van der Waals surface area contributed by atoms with Crippen molar-refractivity contribution in [2.75, 3.05) is 27.4 Å². The van der Waals surface area contributed by atoms with Gasteiger partial charge in [0.25, 0.3) is 0 Å². The summed E-state index contributed by atoms with van der Waals surface area (Å²) in [7, 11) is 2.82. The van der Waals surface area contributed by atoms with Crippen LogP contribution in [0.5, 0.6) is 5.75 Å². The monoisotopic (exact) mass is 376 g/mol. The highest BCUT2D eigenvalue weighted by molar-refractivity contribution is 6.32. The number of carbonyl (C=O) groups excluding carboxylic acids is 1. The highest BCUT2D eigenvalue weighted by Crippen LogP contribution is 2.32. The van der Waals surface area contributed by atoms with Crippen molar-refractivity contribution < 1.29 is 19.0 Å². The SMILES string of the molecule is COC(=O)c1cc2nc(Cl)c3nnc(C4CCOCC4)n3c2cc1OC. The molecule has 2 aromatic heterocycles. The minimum Gasteiger partial charge on any atom is -0.496 e. The van der Waals surface area contributed by atoms with Gasteiger partial charge in [-0.25, -0.2) is 9.78 Å². The second-order valence-corrected chi connectivity index (χ2v) is 6.40. The fourth-order valence-electron chi connectivity index (χ4n) is 3.31. The minimum atomic E-state index is -0.504. The third-order valence-electron chi connectivity index (χ3n) is 4.62. The zero-order valence-corrected chi connectivity index (χ0v) is 15.1. The summed E-state index contributed by atoms with van der Waals surface area (Å²) in [6.45, 7) is 1.37. The van der Waals surface area contributed by atoms with Gasteiger partial charge in [-0.15, -0.1) is 10.2 Å². The van der Waals surface area contributed by atoms with Gasteiger partial charge in [-0.05, 0) is 18.9 Å². The zero-order valence-electron chi connectivity index (χ0n) is 14.4. The van der Waals surface area contributed by atoms with Crippen molar-refractivity contribution in [3.63, 3.8) is 0 Å². The van der Waals surface area contributed by atoms with Crippen LogP contribution in [0.25, 0.3) is 16.7 Å². The second-order valence-electron chi connectivity index (χ2n) is 6.04. The van der Waals surface area contributed by atoms with E-state index in [1.807, 2.05) is 4.40 Å². The van der Waals surface area contributed by atoms with Gasteiger partial charge in [0.2, 0.25) is 0 Å². The molecule has 1 aliphatic rings. The Labute approximate surface area is 154 Å². The van der Waals surface area contributed by atoms with E-state index in [1.165, 1.54) is 14.2 Å². The lowest BCUT2D eigenvalue weighted by molar-refractivity contribution is 0.0597. The van der Waals surface area contributed by atoms with Crippen LogP contribution in [0.4, 0.5) is 0 Å². The van der Waals surface area contributed by atoms with Crippen molar-refractivity contribution in [2.45, 2.75) is 18.8 Å². The lowest BCUT2D eigenvalue weighted by Gasteiger charge is -2.21. The number of fused-ring (bicyclic) bond motifs is 3. The number of halogens is 1. The van der Waals surface area contributed by atoms with Crippen LogP contribution in [0.1, 0.15) is 34.9 Å². The summed E-state index contributed by atoms with van der Waals surface area (Å²) in [5.41, 5.74) is 2.02. The fourth-order valence-corrected chi connectivity index (χ4v) is 3.52. The molecule has 4 rings (SSSR count). The first-order valence-corrected chi connectivity index (χ1v) is 8.60. The first-order valence-electron chi connectivity index (χ1n) is 8.22. The summed E-state index contributed by atoms with van der Waals surface area (Å²) in [6, 6.07) is 3.35. The maximum atomic E-state index is 12.0. The van der Waals surface area contributed by atoms with Crippen LogP contribution in [0.3, 0.4) is 0 Å². The van der Waals surface area contributed by atoms with Crippen LogP contribution in [0.2, 0.25) is 5.15 Å². The number of aromatic nitrogens is 4. The average Bonchev–Trinajstić information content (AvgIpc) is 3.13. The van der Waals surface area contributed by atoms with Gasteiger partial charge < -0.3 is 14.2 Å². The fraction of sp³-hybridized carbons (Fsp3) is 0.412. The molecule has 1 aromatic carbocycles. The average molecular weight is 377 g/mol. The van der Waals surface area contributed by atoms with Crippen LogP contribution in [0, 0.1) is 0 Å². The van der Waals surface area contributed by atoms with E-state index < -0.39 is 5.97 Å². The highest BCUT2D eigenvalue weighted by atomic mass is 35.5. The Morgan fingerprint density at radius 2 is 2.04 bits per heavy atom. The number of hydrogen-bond donors (Lipinski definition) is 0. The molecule has 9 heteroatoms. The van der Waals surface area contributed by atoms with E-state index in [1.54, 1.807) is 12.1 Å². The predicted octanol–water partition coefficient (Wildman–Crippen LogP) is 2.62. The number of methoxy groups -OCH3 is 2. The molecular weight excluding hydrogens is 360 g/mol. The number of carbonyl (C=O) groups is 1. The zero-order chi connectivity index (χ0) is 18.3. The molecular formula is C17H17ClN4O4. The Bertz CT molecular complexity index is 997. The predicted molar refractivity (Wildman–Crippen MR) is 94.0 cm³/mol. The lowest BCUT2D eigenvalue weighted by Crippen LogP contribution is -2.16. The molecule has 0 saturated carbocycles. The summed E-state index contributed by atoms with van der Waals surface area (Å²) in [5.74, 6) is 0.911. The van der Waals surface area contributed by atoms with Crippen molar-refractivity contribution >= 4 is 34.3 Å². The largest absolute Gasteiger partial charge is 0.496 e. The van der Waals surface area contributed by atoms with Gasteiger partial charge >= 0.3 is 5.97 Å². The molecule has 1 fully saturated rings. The van der Waals surface area contributed by atoms with Gasteiger partial charge in [0, 0.05) is 25.2 Å². The van der Waals surface area contributed by atoms with Crippen molar-refractivity contribution in [2.24, 2.45) is 0 Å². The Kier molecular flexibility index (Phi) is 4.37. The van der Waals surface area contributed by atoms with Crippen LogP contribution >= 0.6 is 11.6 Å². The van der Waals surface area contributed by atoms with Crippen LogP contribution < -0.4 is 4.74 Å². The normalized spacial score (nSPS) is 15.5. The highest BCUT2D eigenvalue weighted by Gasteiger charge is 2.25. The molecule has 1 saturated heterocycles. The van der Waals surface area contributed by atoms with Crippen molar-refractivity contribution in [1.82, 2.24) is 19.6 Å². The maximum Gasteiger partial charge on any atom is 0.341 e. The molecule has 0 spiro atoms. The van der Waals surface area contributed by atoms with Crippen molar-refractivity contribution in [3.8, 4) is 5.75 Å². The van der Waals surface area contributed by atoms with Gasteiger partial charge in [-0.1, -0.05) is 11.6 Å². The van der Waals surface area contributed by atoms with Crippen LogP contribution in [0.15, 0.2) is 12.1 Å². The molecule has 26 heavy (non-hydrogen) atoms. The number of rotatable bonds is 3. The van der Waals surface area contributed by atoms with Crippen LogP contribution in [-0.4, -0.2) is 53.0 Å². The molecule has 0 bridgehead atoms. The summed E-state index contributed by atoms with van der Waals surface area (Å²) in [5, 5.41) is 8.80. The van der Waals surface area contributed by atoms with E-state index in [-0.39, 0.29) is 16.6 Å². The van der Waals surface area contributed by atoms with Crippen molar-refractivity contribution in [3.05, 3.63) is 28.7 Å². The first kappa shape index (κ1) is 17.0. The van der Waals surface area contributed by atoms with E-state index in [2.05, 4.69) is 15.2 Å². The Morgan fingerprint density at radius 1 is 1.27 bits per heavy atom. The van der Waals surface area contributed by atoms with E-state index in [0.29, 0.717) is 30.1 Å². The summed E-state index contributed by atoms with van der Waals surface area (Å²) in [6.07, 6.45) is 1.72. The Balaban J connectivity index is 2.00. The molecule has 0 amide bonds. The maximum absolute atomic E-state index is 12.0. The number of hydrogen-bond acceptors (Lipinski definition) is 7. The molecule has 0 unspecified atom stereocenters. The summed E-state index contributed by atoms with van der Waals surface area (Å²) in [4.78, 5) is 16.4. The summed E-state index contributed by atoms with van der Waals surface area (Å²) < 4.78 is 17.5. The van der Waals surface area contributed by atoms with E-state index in [4.69, 9.17) is 25.8 Å². The van der Waals surface area contributed by atoms with E-state index in [9.17, 15) is 4.79 Å². The second kappa shape index (κ2) is 6.69. The first-order chi connectivity index (χ1) is 12.6. The van der Waals surface area contributed by atoms with Gasteiger partial charge in [0.1, 0.15) is 17.1 Å². The van der Waals surface area contributed by atoms with Crippen molar-refractivity contribution in [1.29, 1.82) is 0 Å². The third kappa shape index (κ3) is 2.65. The van der Waals surface area contributed by atoms with E-state index >= 15 is 0 Å². The molecule has 8 nitrogen and oxygen atoms in total. The molecule has 0 N–H and O–H groups in total. The topological polar surface area (TPSA) is 87.8 Å². The summed E-state index contributed by atoms with van der Waals surface area (Å²) >= 11 is 6.32. The molecule has 136 valence electrons. The van der Waals surface area contributed by atoms with E-state index in [0.717, 1.165) is 24.2 Å². The number of ether oxygens (including phenoxy) is 3. The molecule has 1 aliphatic heterocycles. The minimum absolute atomic E-state index is 0.215. The number of nitrogens with zero attached hydrogens (tertiary/aromatic N) is 4. The van der Waals surface area contributed by atoms with Gasteiger partial charge in [0.15, 0.2) is 10.8 Å². The third-order valence-corrected chi connectivity index (χ3v) is 4.87. The van der Waals surface area contributed by atoms with Gasteiger partial charge in [-0.3, -0.25) is 4.40 Å². The molecule has 3 aromatic rings. The lowest BCUT2D eigenvalue weighted by atomic mass is 9.99. The number of benzene rings is 1. The molecule has 0 atom stereocenters. The van der Waals surface area contributed by atoms with Gasteiger partial charge in [-0.2, -0.15) is 0 Å². The van der Waals surface area contributed by atoms with Crippen LogP contribution in [-0.2, 0) is 9.47 Å². The Hall–Kier alpha value is -2.45. The Morgan fingerprint density at radius 3 is 2.73 bits per heavy atom. The molecule has 0 radical (unpaired) electrons. The molecule has 3 heterocycles. The van der Waals surface area contributed by atoms with Gasteiger partial charge in [0.05, 0.1) is 25.3 Å².